The highest BCUT2D eigenvalue weighted by Gasteiger charge is 2.50. The van der Waals surface area contributed by atoms with E-state index in [-0.39, 0.29) is 29.6 Å². The van der Waals surface area contributed by atoms with Crippen molar-refractivity contribution in [2.75, 3.05) is 6.54 Å². The van der Waals surface area contributed by atoms with Crippen molar-refractivity contribution in [2.45, 2.75) is 62.2 Å². The molecule has 1 aromatic carbocycles. The lowest BCUT2D eigenvalue weighted by Crippen LogP contribution is -2.35. The number of aromatic nitrogens is 4. The number of fused-ring (bicyclic) bond motifs is 2. The monoisotopic (exact) mass is 619 g/mol. The predicted octanol–water partition coefficient (Wildman–Crippen LogP) is 5.47. The van der Waals surface area contributed by atoms with Crippen molar-refractivity contribution in [3.63, 3.8) is 0 Å². The van der Waals surface area contributed by atoms with Gasteiger partial charge in [-0.25, -0.2) is 13.5 Å². The molecule has 0 saturated heterocycles. The summed E-state index contributed by atoms with van der Waals surface area (Å²) in [5, 5.41) is 17.1. The standard InChI is InChI=1S/C28H25ClF3N5O4S/c1-15-3-4-17(20(12-23(38)39)19-7-10-37-24(16(19)2)34-35-26(37)28(30,31)32)11-18(15)13-36-14-27(8-9-27)41-25-21(42(36)40)5-6-22(29)33-25/h3-7,10-11,20H,8-9,12-14H2,1-2H3,(H,38,39). The number of benzene rings is 1. The lowest BCUT2D eigenvalue weighted by atomic mass is 9.85. The van der Waals surface area contributed by atoms with Gasteiger partial charge in [0.05, 0.1) is 13.0 Å². The Labute approximate surface area is 245 Å². The summed E-state index contributed by atoms with van der Waals surface area (Å²) in [6, 6.07) is 10.3. The van der Waals surface area contributed by atoms with E-state index in [1.807, 2.05) is 29.4 Å². The number of pyridine rings is 2. The van der Waals surface area contributed by atoms with E-state index < -0.39 is 40.5 Å². The largest absolute Gasteiger partial charge is 0.481 e. The van der Waals surface area contributed by atoms with Crippen LogP contribution in [0.2, 0.25) is 5.15 Å². The summed E-state index contributed by atoms with van der Waals surface area (Å²) >= 11 is 6.07. The number of hydrogen-bond acceptors (Lipinski definition) is 6. The van der Waals surface area contributed by atoms with E-state index in [0.717, 1.165) is 28.4 Å². The molecule has 9 nitrogen and oxygen atoms in total. The molecular weight excluding hydrogens is 595 g/mol. The highest BCUT2D eigenvalue weighted by Crippen LogP contribution is 2.45. The second-order valence-electron chi connectivity index (χ2n) is 10.7. The van der Waals surface area contributed by atoms with Crippen molar-refractivity contribution >= 4 is 34.2 Å². The molecule has 4 heterocycles. The van der Waals surface area contributed by atoms with Crippen LogP contribution in [0.15, 0.2) is 47.5 Å². The van der Waals surface area contributed by atoms with Crippen LogP contribution in [-0.2, 0) is 28.5 Å². The van der Waals surface area contributed by atoms with Crippen molar-refractivity contribution in [1.29, 1.82) is 0 Å². The number of rotatable bonds is 6. The van der Waals surface area contributed by atoms with Gasteiger partial charge < -0.3 is 9.84 Å². The second-order valence-corrected chi connectivity index (χ2v) is 12.6. The molecule has 14 heteroatoms. The fourth-order valence-corrected chi connectivity index (χ4v) is 6.85. The van der Waals surface area contributed by atoms with Crippen LogP contribution >= 0.6 is 11.6 Å². The smallest absolute Gasteiger partial charge is 0.452 e. The molecule has 0 amide bonds. The molecule has 0 radical (unpaired) electrons. The van der Waals surface area contributed by atoms with Crippen LogP contribution in [0.1, 0.15) is 58.8 Å². The Balaban J connectivity index is 1.37. The van der Waals surface area contributed by atoms with Gasteiger partial charge in [0.1, 0.15) is 26.6 Å². The van der Waals surface area contributed by atoms with Gasteiger partial charge in [-0.3, -0.25) is 9.20 Å². The summed E-state index contributed by atoms with van der Waals surface area (Å²) < 4.78 is 62.8. The van der Waals surface area contributed by atoms with Crippen LogP contribution in [0.4, 0.5) is 13.2 Å². The van der Waals surface area contributed by atoms with Gasteiger partial charge in [0.2, 0.25) is 11.7 Å². The third-order valence-electron chi connectivity index (χ3n) is 7.80. The highest BCUT2D eigenvalue weighted by molar-refractivity contribution is 7.82. The van der Waals surface area contributed by atoms with Crippen LogP contribution in [0, 0.1) is 13.8 Å². The van der Waals surface area contributed by atoms with Crippen molar-refractivity contribution < 1.29 is 32.0 Å². The first-order chi connectivity index (χ1) is 19.8. The van der Waals surface area contributed by atoms with Gasteiger partial charge in [0.25, 0.3) is 0 Å². The average molecular weight is 620 g/mol. The summed E-state index contributed by atoms with van der Waals surface area (Å²) in [6.07, 6.45) is -2.20. The molecule has 1 N–H and O–H groups in total. The second kappa shape index (κ2) is 10.3. The summed E-state index contributed by atoms with van der Waals surface area (Å²) in [5.74, 6) is -2.64. The minimum absolute atomic E-state index is 0.00428. The highest BCUT2D eigenvalue weighted by atomic mass is 35.5. The van der Waals surface area contributed by atoms with Crippen molar-refractivity contribution in [1.82, 2.24) is 23.9 Å². The van der Waals surface area contributed by atoms with Crippen molar-refractivity contribution in [3.8, 4) is 5.88 Å². The SMILES string of the molecule is Cc1ccc(C(CC(=O)O)c2ccn3c(C(F)(F)F)nnc3c2C)cc1CN1CC2(CC2)Oc2nc(Cl)ccc2S1=O. The van der Waals surface area contributed by atoms with E-state index in [2.05, 4.69) is 15.2 Å². The van der Waals surface area contributed by atoms with Gasteiger partial charge in [-0.15, -0.1) is 10.2 Å². The molecule has 2 unspecified atom stereocenters. The number of aryl methyl sites for hydroxylation is 2. The molecule has 42 heavy (non-hydrogen) atoms. The molecule has 1 saturated carbocycles. The Bertz CT molecular complexity index is 1760. The fourth-order valence-electron chi connectivity index (χ4n) is 5.40. The molecule has 2 aliphatic rings. The third kappa shape index (κ3) is 5.25. The average Bonchev–Trinajstić information content (AvgIpc) is 3.53. The molecule has 4 aromatic rings. The summed E-state index contributed by atoms with van der Waals surface area (Å²) in [7, 11) is -1.60. The van der Waals surface area contributed by atoms with E-state index >= 15 is 0 Å². The number of carbonyl (C=O) groups is 1. The minimum Gasteiger partial charge on any atom is -0.481 e. The van der Waals surface area contributed by atoms with Gasteiger partial charge in [-0.2, -0.15) is 13.2 Å². The zero-order chi connectivity index (χ0) is 30.0. The Kier molecular flexibility index (Phi) is 7.02. The maximum Gasteiger partial charge on any atom is 0.452 e. The first-order valence-corrected chi connectivity index (χ1v) is 14.6. The van der Waals surface area contributed by atoms with Gasteiger partial charge in [0.15, 0.2) is 5.65 Å². The molecule has 1 fully saturated rings. The van der Waals surface area contributed by atoms with E-state index in [4.69, 9.17) is 16.3 Å². The summed E-state index contributed by atoms with van der Waals surface area (Å²) in [5.41, 5.74) is 2.83. The number of ether oxygens (including phenoxy) is 1. The molecular formula is C28H25ClF3N5O4S. The zero-order valence-corrected chi connectivity index (χ0v) is 24.1. The summed E-state index contributed by atoms with van der Waals surface area (Å²) in [4.78, 5) is 16.7. The fraction of sp³-hybridized carbons (Fsp3) is 0.357. The number of carboxylic acids is 1. The van der Waals surface area contributed by atoms with Crippen LogP contribution in [0.5, 0.6) is 5.88 Å². The number of hydrogen-bond donors (Lipinski definition) is 1. The zero-order valence-electron chi connectivity index (χ0n) is 22.5. The van der Waals surface area contributed by atoms with Gasteiger partial charge >= 0.3 is 12.1 Å². The first-order valence-electron chi connectivity index (χ1n) is 13.1. The first kappa shape index (κ1) is 28.6. The number of nitrogens with zero attached hydrogens (tertiary/aromatic N) is 5. The van der Waals surface area contributed by atoms with E-state index in [0.29, 0.717) is 28.1 Å². The third-order valence-corrected chi connectivity index (χ3v) is 9.42. The van der Waals surface area contributed by atoms with Gasteiger partial charge in [-0.1, -0.05) is 29.8 Å². The summed E-state index contributed by atoms with van der Waals surface area (Å²) in [6.45, 7) is 4.21. The predicted molar refractivity (Wildman–Crippen MR) is 147 cm³/mol. The Morgan fingerprint density at radius 1 is 1.19 bits per heavy atom. The molecule has 1 spiro atoms. The number of alkyl halides is 3. The Morgan fingerprint density at radius 2 is 1.95 bits per heavy atom. The molecule has 1 aliphatic carbocycles. The molecule has 2 atom stereocenters. The quantitative estimate of drug-likeness (QED) is 0.285. The minimum atomic E-state index is -4.69. The normalized spacial score (nSPS) is 18.9. The maximum absolute atomic E-state index is 13.7. The number of halogens is 4. The Morgan fingerprint density at radius 3 is 2.64 bits per heavy atom. The topological polar surface area (TPSA) is 110 Å². The van der Waals surface area contributed by atoms with E-state index in [1.54, 1.807) is 19.1 Å². The van der Waals surface area contributed by atoms with Crippen LogP contribution in [0.3, 0.4) is 0 Å². The van der Waals surface area contributed by atoms with Gasteiger partial charge in [-0.05, 0) is 72.7 Å². The lowest BCUT2D eigenvalue weighted by Gasteiger charge is -2.24. The molecule has 0 bridgehead atoms. The van der Waals surface area contributed by atoms with Crippen molar-refractivity contribution in [2.24, 2.45) is 0 Å². The van der Waals surface area contributed by atoms with E-state index in [9.17, 15) is 27.3 Å². The molecule has 3 aromatic heterocycles. The number of carboxylic acid groups (broad SMARTS) is 1. The Hall–Kier alpha value is -3.55. The van der Waals surface area contributed by atoms with Gasteiger partial charge in [0, 0.05) is 18.7 Å². The maximum atomic E-state index is 13.7. The molecule has 6 rings (SSSR count). The van der Waals surface area contributed by atoms with Crippen LogP contribution in [-0.4, -0.2) is 51.3 Å². The van der Waals surface area contributed by atoms with Crippen LogP contribution in [0.25, 0.3) is 5.65 Å². The van der Waals surface area contributed by atoms with Crippen molar-refractivity contribution in [3.05, 3.63) is 81.4 Å². The van der Waals surface area contributed by atoms with E-state index in [1.165, 1.54) is 12.3 Å². The number of aliphatic carboxylic acids is 1. The molecule has 220 valence electrons. The van der Waals surface area contributed by atoms with Crippen LogP contribution < -0.4 is 4.74 Å². The molecule has 1 aliphatic heterocycles. The lowest BCUT2D eigenvalue weighted by molar-refractivity contribution is -0.145.